The molecule has 0 saturated carbocycles. The fraction of sp³-hybridized carbons (Fsp3) is 0.393. The molecule has 4 rings (SSSR count). The van der Waals surface area contributed by atoms with Gasteiger partial charge in [0.1, 0.15) is 0 Å². The summed E-state index contributed by atoms with van der Waals surface area (Å²) in [6.45, 7) is 6.95. The number of amides is 2. The second kappa shape index (κ2) is 11.3. The average Bonchev–Trinajstić information content (AvgIpc) is 2.87. The van der Waals surface area contributed by atoms with Gasteiger partial charge in [0.2, 0.25) is 5.91 Å². The van der Waals surface area contributed by atoms with Crippen LogP contribution >= 0.6 is 0 Å². The Hall–Kier alpha value is -3.25. The molecule has 34 heavy (non-hydrogen) atoms. The molecule has 6 heteroatoms. The third kappa shape index (κ3) is 5.81. The van der Waals surface area contributed by atoms with Crippen LogP contribution in [0, 0.1) is 0 Å². The van der Waals surface area contributed by atoms with E-state index in [9.17, 15) is 9.59 Å². The van der Waals surface area contributed by atoms with E-state index in [4.69, 9.17) is 4.98 Å². The Morgan fingerprint density at radius 3 is 2.65 bits per heavy atom. The molecule has 0 radical (unpaired) electrons. The zero-order valence-electron chi connectivity index (χ0n) is 20.1. The molecule has 1 aromatic heterocycles. The molecule has 2 N–H and O–H groups in total. The Balaban J connectivity index is 1.48. The number of carbonyl (C=O) groups is 2. The number of para-hydroxylation sites is 1. The average molecular weight is 459 g/mol. The zero-order chi connectivity index (χ0) is 23.9. The van der Waals surface area contributed by atoms with E-state index >= 15 is 0 Å². The highest BCUT2D eigenvalue weighted by atomic mass is 16.2. The molecule has 1 aliphatic rings. The van der Waals surface area contributed by atoms with Gasteiger partial charge in [-0.05, 0) is 57.0 Å². The van der Waals surface area contributed by atoms with Crippen molar-refractivity contribution in [2.75, 3.05) is 25.0 Å². The first-order valence-electron chi connectivity index (χ1n) is 12.4. The molecule has 1 fully saturated rings. The number of rotatable bonds is 8. The first-order valence-corrected chi connectivity index (χ1v) is 12.4. The molecule has 1 aliphatic heterocycles. The first kappa shape index (κ1) is 23.9. The number of likely N-dealkylation sites (tertiary alicyclic amines) is 1. The van der Waals surface area contributed by atoms with Gasteiger partial charge in [-0.1, -0.05) is 43.7 Å². The Morgan fingerprint density at radius 2 is 1.88 bits per heavy atom. The van der Waals surface area contributed by atoms with Crippen molar-refractivity contribution >= 4 is 28.4 Å². The van der Waals surface area contributed by atoms with E-state index in [1.165, 1.54) is 19.3 Å². The maximum absolute atomic E-state index is 13.2. The lowest BCUT2D eigenvalue weighted by Crippen LogP contribution is -2.39. The van der Waals surface area contributed by atoms with Crippen LogP contribution < -0.4 is 10.6 Å². The summed E-state index contributed by atoms with van der Waals surface area (Å²) in [6, 6.07) is 17.8. The van der Waals surface area contributed by atoms with Gasteiger partial charge in [0.05, 0.1) is 16.8 Å². The number of hydrogen-bond donors (Lipinski definition) is 2. The molecule has 0 aliphatic carbocycles. The molecule has 2 aromatic carbocycles. The minimum Gasteiger partial charge on any atom is -0.352 e. The minimum atomic E-state index is -0.0710. The van der Waals surface area contributed by atoms with E-state index in [1.54, 1.807) is 0 Å². The fourth-order valence-electron chi connectivity index (χ4n) is 4.55. The summed E-state index contributed by atoms with van der Waals surface area (Å²) in [5.74, 6) is -0.0938. The Labute approximate surface area is 201 Å². The van der Waals surface area contributed by atoms with Crippen LogP contribution in [0.15, 0.2) is 54.6 Å². The van der Waals surface area contributed by atoms with Gasteiger partial charge in [0.25, 0.3) is 5.91 Å². The van der Waals surface area contributed by atoms with Crippen molar-refractivity contribution < 1.29 is 9.59 Å². The van der Waals surface area contributed by atoms with Crippen LogP contribution in [0.4, 0.5) is 5.69 Å². The zero-order valence-corrected chi connectivity index (χ0v) is 20.1. The van der Waals surface area contributed by atoms with E-state index in [0.29, 0.717) is 24.6 Å². The number of aromatic nitrogens is 1. The molecule has 1 saturated heterocycles. The number of carbonyl (C=O) groups excluding carboxylic acids is 2. The van der Waals surface area contributed by atoms with Gasteiger partial charge >= 0.3 is 0 Å². The van der Waals surface area contributed by atoms with E-state index in [2.05, 4.69) is 22.5 Å². The highest BCUT2D eigenvalue weighted by Crippen LogP contribution is 2.26. The standard InChI is InChI=1S/C28H34N4O2/c1-3-27(33)30-22-14-12-21(13-15-22)26-19-24(23-10-4-5-11-25(23)31-26)28(34)29-16-8-18-32-17-7-6-9-20(32)2/h4-5,10-15,19-20H,3,6-9,16-18H2,1-2H3,(H,29,34)(H,30,33)/t20-/m1/s1. The molecular formula is C28H34N4O2. The second-order valence-corrected chi connectivity index (χ2v) is 9.04. The van der Waals surface area contributed by atoms with Crippen LogP contribution in [0.1, 0.15) is 56.3 Å². The van der Waals surface area contributed by atoms with Gasteiger partial charge in [0.15, 0.2) is 0 Å². The largest absolute Gasteiger partial charge is 0.352 e. The molecule has 3 aromatic rings. The van der Waals surface area contributed by atoms with Crippen molar-refractivity contribution in [1.82, 2.24) is 15.2 Å². The topological polar surface area (TPSA) is 74.3 Å². The maximum Gasteiger partial charge on any atom is 0.252 e. The normalized spacial score (nSPS) is 16.4. The SMILES string of the molecule is CCC(=O)Nc1ccc(-c2cc(C(=O)NCCCN3CCCC[C@H]3C)c3ccccc3n2)cc1. The van der Waals surface area contributed by atoms with Gasteiger partial charge in [-0.2, -0.15) is 0 Å². The summed E-state index contributed by atoms with van der Waals surface area (Å²) in [7, 11) is 0. The number of hydrogen-bond acceptors (Lipinski definition) is 4. The monoisotopic (exact) mass is 458 g/mol. The molecule has 2 heterocycles. The number of nitrogens with one attached hydrogen (secondary N) is 2. The van der Waals surface area contributed by atoms with Crippen molar-refractivity contribution in [3.63, 3.8) is 0 Å². The van der Waals surface area contributed by atoms with Gasteiger partial charge in [0, 0.05) is 42.2 Å². The predicted molar refractivity (Wildman–Crippen MR) is 138 cm³/mol. The first-order chi connectivity index (χ1) is 16.5. The van der Waals surface area contributed by atoms with Crippen molar-refractivity contribution in [2.24, 2.45) is 0 Å². The van der Waals surface area contributed by atoms with Crippen molar-refractivity contribution in [1.29, 1.82) is 0 Å². The molecule has 0 bridgehead atoms. The summed E-state index contributed by atoms with van der Waals surface area (Å²) in [6.07, 6.45) is 5.24. The second-order valence-electron chi connectivity index (χ2n) is 9.04. The number of benzene rings is 2. The smallest absolute Gasteiger partial charge is 0.252 e. The lowest BCUT2D eigenvalue weighted by Gasteiger charge is -2.33. The van der Waals surface area contributed by atoms with Crippen LogP contribution in [0.3, 0.4) is 0 Å². The Morgan fingerprint density at radius 1 is 1.09 bits per heavy atom. The van der Waals surface area contributed by atoms with Crippen LogP contribution in [-0.4, -0.2) is 47.4 Å². The van der Waals surface area contributed by atoms with Crippen molar-refractivity contribution in [3.05, 3.63) is 60.2 Å². The van der Waals surface area contributed by atoms with Crippen LogP contribution in [-0.2, 0) is 4.79 Å². The highest BCUT2D eigenvalue weighted by Gasteiger charge is 2.18. The quantitative estimate of drug-likeness (QED) is 0.453. The molecule has 2 amide bonds. The van der Waals surface area contributed by atoms with Gasteiger partial charge in [-0.3, -0.25) is 9.59 Å². The Kier molecular flexibility index (Phi) is 7.91. The Bertz CT molecular complexity index is 1140. The van der Waals surface area contributed by atoms with Gasteiger partial charge < -0.3 is 15.5 Å². The van der Waals surface area contributed by atoms with Crippen LogP contribution in [0.2, 0.25) is 0 Å². The maximum atomic E-state index is 13.2. The summed E-state index contributed by atoms with van der Waals surface area (Å²) >= 11 is 0. The third-order valence-electron chi connectivity index (χ3n) is 6.59. The molecule has 0 spiro atoms. The number of fused-ring (bicyclic) bond motifs is 1. The van der Waals surface area contributed by atoms with Crippen molar-refractivity contribution in [3.8, 4) is 11.3 Å². The molecule has 1 atom stereocenters. The summed E-state index contributed by atoms with van der Waals surface area (Å²) in [4.78, 5) is 32.1. The number of nitrogens with zero attached hydrogens (tertiary/aromatic N) is 2. The highest BCUT2D eigenvalue weighted by molar-refractivity contribution is 6.07. The van der Waals surface area contributed by atoms with Crippen LogP contribution in [0.5, 0.6) is 0 Å². The molecule has 178 valence electrons. The predicted octanol–water partition coefficient (Wildman–Crippen LogP) is 5.24. The lowest BCUT2D eigenvalue weighted by molar-refractivity contribution is -0.115. The number of pyridine rings is 1. The van der Waals surface area contributed by atoms with E-state index in [0.717, 1.165) is 47.4 Å². The summed E-state index contributed by atoms with van der Waals surface area (Å²) < 4.78 is 0. The van der Waals surface area contributed by atoms with Crippen molar-refractivity contribution in [2.45, 2.75) is 52.0 Å². The third-order valence-corrected chi connectivity index (χ3v) is 6.59. The molecule has 0 unspecified atom stereocenters. The molecule has 6 nitrogen and oxygen atoms in total. The summed E-state index contributed by atoms with van der Waals surface area (Å²) in [5, 5.41) is 6.83. The fourth-order valence-corrected chi connectivity index (χ4v) is 4.55. The number of piperidine rings is 1. The van der Waals surface area contributed by atoms with Gasteiger partial charge in [-0.25, -0.2) is 4.98 Å². The van der Waals surface area contributed by atoms with Gasteiger partial charge in [-0.15, -0.1) is 0 Å². The molecular weight excluding hydrogens is 424 g/mol. The van der Waals surface area contributed by atoms with E-state index in [1.807, 2.05) is 61.5 Å². The van der Waals surface area contributed by atoms with Crippen LogP contribution in [0.25, 0.3) is 22.2 Å². The lowest BCUT2D eigenvalue weighted by atomic mass is 10.0. The van der Waals surface area contributed by atoms with E-state index < -0.39 is 0 Å². The minimum absolute atomic E-state index is 0.0229. The van der Waals surface area contributed by atoms with E-state index in [-0.39, 0.29) is 11.8 Å². The summed E-state index contributed by atoms with van der Waals surface area (Å²) in [5.41, 5.74) is 3.80. The number of anilines is 1.